The van der Waals surface area contributed by atoms with Crippen molar-refractivity contribution in [3.05, 3.63) is 29.3 Å². The number of benzene rings is 1. The van der Waals surface area contributed by atoms with Crippen molar-refractivity contribution in [2.24, 2.45) is 0 Å². The van der Waals surface area contributed by atoms with Gasteiger partial charge in [-0.1, -0.05) is 6.07 Å². The molecule has 0 unspecified atom stereocenters. The monoisotopic (exact) mass is 249 g/mol. The Labute approximate surface area is 105 Å². The molecule has 1 saturated heterocycles. The SMILES string of the molecule is CC1(C)OCc2cc([C@H]3CNC(=O)O3)ccc2O1. The maximum absolute atomic E-state index is 11.0. The Balaban J connectivity index is 1.86. The third kappa shape index (κ3) is 2.01. The molecule has 2 aliphatic heterocycles. The van der Waals surface area contributed by atoms with Gasteiger partial charge in [0.25, 0.3) is 0 Å². The maximum atomic E-state index is 11.0. The van der Waals surface area contributed by atoms with E-state index >= 15 is 0 Å². The first-order valence-electron chi connectivity index (χ1n) is 5.94. The topological polar surface area (TPSA) is 56.8 Å². The summed E-state index contributed by atoms with van der Waals surface area (Å²) in [5.41, 5.74) is 1.94. The highest BCUT2D eigenvalue weighted by Crippen LogP contribution is 2.33. The van der Waals surface area contributed by atoms with Gasteiger partial charge in [0, 0.05) is 19.4 Å². The second-order valence-corrected chi connectivity index (χ2v) is 4.93. The van der Waals surface area contributed by atoms with Gasteiger partial charge in [-0.05, 0) is 17.7 Å². The first-order chi connectivity index (χ1) is 8.53. The Morgan fingerprint density at radius 1 is 1.39 bits per heavy atom. The van der Waals surface area contributed by atoms with Crippen LogP contribution in [0.25, 0.3) is 0 Å². The summed E-state index contributed by atoms with van der Waals surface area (Å²) in [6.07, 6.45) is -0.593. The van der Waals surface area contributed by atoms with Gasteiger partial charge in [0.2, 0.25) is 5.79 Å². The van der Waals surface area contributed by atoms with E-state index in [-0.39, 0.29) is 12.2 Å². The van der Waals surface area contributed by atoms with Crippen molar-refractivity contribution in [2.75, 3.05) is 6.54 Å². The van der Waals surface area contributed by atoms with E-state index in [0.29, 0.717) is 13.2 Å². The molecule has 3 rings (SSSR count). The summed E-state index contributed by atoms with van der Waals surface area (Å²) in [5, 5.41) is 2.64. The third-order valence-electron chi connectivity index (χ3n) is 3.07. The molecule has 0 bridgehead atoms. The van der Waals surface area contributed by atoms with Crippen molar-refractivity contribution in [1.82, 2.24) is 5.32 Å². The maximum Gasteiger partial charge on any atom is 0.407 e. The number of rotatable bonds is 1. The summed E-state index contributed by atoms with van der Waals surface area (Å²) in [5.74, 6) is 0.239. The highest BCUT2D eigenvalue weighted by molar-refractivity contribution is 5.69. The number of alkyl carbamates (subject to hydrolysis) is 1. The fourth-order valence-corrected chi connectivity index (χ4v) is 2.13. The van der Waals surface area contributed by atoms with Crippen LogP contribution in [0.1, 0.15) is 31.1 Å². The Bertz CT molecular complexity index is 498. The normalized spacial score (nSPS) is 24.8. The molecule has 1 aromatic carbocycles. The van der Waals surface area contributed by atoms with Crippen LogP contribution in [0.4, 0.5) is 4.79 Å². The fourth-order valence-electron chi connectivity index (χ4n) is 2.13. The summed E-state index contributed by atoms with van der Waals surface area (Å²) in [6.45, 7) is 4.77. The van der Waals surface area contributed by atoms with Gasteiger partial charge in [-0.2, -0.15) is 0 Å². The first-order valence-corrected chi connectivity index (χ1v) is 5.94. The molecule has 0 spiro atoms. The smallest absolute Gasteiger partial charge is 0.407 e. The Kier molecular flexibility index (Phi) is 2.45. The van der Waals surface area contributed by atoms with Crippen LogP contribution in [0.3, 0.4) is 0 Å². The van der Waals surface area contributed by atoms with Crippen LogP contribution in [0, 0.1) is 0 Å². The number of hydrogen-bond acceptors (Lipinski definition) is 4. The fraction of sp³-hybridized carbons (Fsp3) is 0.462. The molecule has 2 aliphatic rings. The summed E-state index contributed by atoms with van der Waals surface area (Å²) in [6, 6.07) is 5.79. The quantitative estimate of drug-likeness (QED) is 0.828. The number of amides is 1. The van der Waals surface area contributed by atoms with Gasteiger partial charge in [-0.15, -0.1) is 0 Å². The van der Waals surface area contributed by atoms with Gasteiger partial charge in [-0.25, -0.2) is 4.79 Å². The van der Waals surface area contributed by atoms with Crippen LogP contribution < -0.4 is 10.1 Å². The molecule has 5 nitrogen and oxygen atoms in total. The van der Waals surface area contributed by atoms with Crippen molar-refractivity contribution in [3.63, 3.8) is 0 Å². The average molecular weight is 249 g/mol. The number of ether oxygens (including phenoxy) is 3. The number of fused-ring (bicyclic) bond motifs is 1. The van der Waals surface area contributed by atoms with E-state index in [1.165, 1.54) is 0 Å². The molecule has 1 amide bonds. The molecule has 96 valence electrons. The lowest BCUT2D eigenvalue weighted by Crippen LogP contribution is -2.35. The zero-order valence-electron chi connectivity index (χ0n) is 10.4. The van der Waals surface area contributed by atoms with E-state index in [1.54, 1.807) is 0 Å². The van der Waals surface area contributed by atoms with Gasteiger partial charge in [0.15, 0.2) is 0 Å². The van der Waals surface area contributed by atoms with Gasteiger partial charge < -0.3 is 19.5 Å². The van der Waals surface area contributed by atoms with Crippen molar-refractivity contribution in [2.45, 2.75) is 32.3 Å². The molecule has 18 heavy (non-hydrogen) atoms. The van der Waals surface area contributed by atoms with Crippen molar-refractivity contribution in [3.8, 4) is 5.75 Å². The molecular formula is C13H15NO4. The molecule has 0 aromatic heterocycles. The summed E-state index contributed by atoms with van der Waals surface area (Å²) in [7, 11) is 0. The molecule has 2 heterocycles. The molecule has 1 fully saturated rings. The summed E-state index contributed by atoms with van der Waals surface area (Å²) in [4.78, 5) is 11.0. The average Bonchev–Trinajstić information content (AvgIpc) is 2.74. The highest BCUT2D eigenvalue weighted by atomic mass is 16.7. The van der Waals surface area contributed by atoms with E-state index in [1.807, 2.05) is 32.0 Å². The van der Waals surface area contributed by atoms with Gasteiger partial charge in [0.1, 0.15) is 11.9 Å². The predicted molar refractivity (Wildman–Crippen MR) is 63.2 cm³/mol. The van der Waals surface area contributed by atoms with Crippen molar-refractivity contribution >= 4 is 6.09 Å². The first kappa shape index (κ1) is 11.3. The number of hydrogen-bond donors (Lipinski definition) is 1. The lowest BCUT2D eigenvalue weighted by molar-refractivity contribution is -0.180. The Hall–Kier alpha value is -1.75. The lowest BCUT2D eigenvalue weighted by Gasteiger charge is -2.32. The van der Waals surface area contributed by atoms with Crippen molar-refractivity contribution in [1.29, 1.82) is 0 Å². The number of carbonyl (C=O) groups excluding carboxylic acids is 1. The van der Waals surface area contributed by atoms with Gasteiger partial charge >= 0.3 is 6.09 Å². The molecule has 1 N–H and O–H groups in total. The van der Waals surface area contributed by atoms with Gasteiger partial charge in [-0.3, -0.25) is 0 Å². The standard InChI is InChI=1S/C13H15NO4/c1-13(2)16-7-9-5-8(3-4-10(9)18-13)11-6-14-12(15)17-11/h3-5,11H,6-7H2,1-2H3,(H,14,15)/t11-/m1/s1. The number of carbonyl (C=O) groups is 1. The van der Waals surface area contributed by atoms with E-state index in [4.69, 9.17) is 14.2 Å². The lowest BCUT2D eigenvalue weighted by atomic mass is 10.0. The van der Waals surface area contributed by atoms with E-state index in [0.717, 1.165) is 16.9 Å². The van der Waals surface area contributed by atoms with E-state index in [2.05, 4.69) is 5.32 Å². The van der Waals surface area contributed by atoms with Crippen LogP contribution in [0.2, 0.25) is 0 Å². The van der Waals surface area contributed by atoms with E-state index in [9.17, 15) is 4.79 Å². The zero-order valence-corrected chi connectivity index (χ0v) is 10.4. The second-order valence-electron chi connectivity index (χ2n) is 4.93. The molecule has 0 radical (unpaired) electrons. The van der Waals surface area contributed by atoms with Crippen LogP contribution in [0.15, 0.2) is 18.2 Å². The predicted octanol–water partition coefficient (Wildman–Crippen LogP) is 2.11. The van der Waals surface area contributed by atoms with E-state index < -0.39 is 5.79 Å². The second kappa shape index (κ2) is 3.88. The number of cyclic esters (lactones) is 1. The molecule has 0 saturated carbocycles. The molecule has 1 atom stereocenters. The molecule has 1 aromatic rings. The molecule has 0 aliphatic carbocycles. The minimum Gasteiger partial charge on any atom is -0.463 e. The Morgan fingerprint density at radius 3 is 2.94 bits per heavy atom. The summed E-state index contributed by atoms with van der Waals surface area (Å²) >= 11 is 0. The zero-order chi connectivity index (χ0) is 12.8. The minimum atomic E-state index is -0.587. The van der Waals surface area contributed by atoms with Crippen molar-refractivity contribution < 1.29 is 19.0 Å². The third-order valence-corrected chi connectivity index (χ3v) is 3.07. The number of nitrogens with one attached hydrogen (secondary N) is 1. The minimum absolute atomic E-state index is 0.224. The highest BCUT2D eigenvalue weighted by Gasteiger charge is 2.29. The van der Waals surface area contributed by atoms with Crippen LogP contribution in [-0.2, 0) is 16.1 Å². The molecule has 5 heteroatoms. The van der Waals surface area contributed by atoms with Crippen LogP contribution >= 0.6 is 0 Å². The van der Waals surface area contributed by atoms with Gasteiger partial charge in [0.05, 0.1) is 13.2 Å². The van der Waals surface area contributed by atoms with Crippen LogP contribution in [-0.4, -0.2) is 18.4 Å². The summed E-state index contributed by atoms with van der Waals surface area (Å²) < 4.78 is 16.4. The largest absolute Gasteiger partial charge is 0.463 e. The molecular weight excluding hydrogens is 234 g/mol. The van der Waals surface area contributed by atoms with Crippen LogP contribution in [0.5, 0.6) is 5.75 Å². The Morgan fingerprint density at radius 2 is 2.22 bits per heavy atom.